The molecule has 1 aliphatic carbocycles. The first kappa shape index (κ1) is 28.4. The van der Waals surface area contributed by atoms with Gasteiger partial charge in [0, 0.05) is 21.4 Å². The molecule has 3 aromatic carbocycles. The lowest BCUT2D eigenvalue weighted by atomic mass is 9.90. The summed E-state index contributed by atoms with van der Waals surface area (Å²) in [6.07, 6.45) is 7.24. The maximum absolute atomic E-state index is 11.8. The summed E-state index contributed by atoms with van der Waals surface area (Å²) in [6, 6.07) is 26.3. The summed E-state index contributed by atoms with van der Waals surface area (Å²) in [5, 5.41) is 22.4. The largest absolute Gasteiger partial charge is 0.481 e. The first-order valence-electron chi connectivity index (χ1n) is 13.6. The van der Waals surface area contributed by atoms with Crippen LogP contribution in [-0.4, -0.2) is 26.9 Å². The van der Waals surface area contributed by atoms with Gasteiger partial charge in [-0.25, -0.2) is 4.98 Å². The second-order valence-corrected chi connectivity index (χ2v) is 12.8. The fourth-order valence-electron chi connectivity index (χ4n) is 5.03. The summed E-state index contributed by atoms with van der Waals surface area (Å²) in [5.74, 6) is -0.113. The summed E-state index contributed by atoms with van der Waals surface area (Å²) in [4.78, 5) is 16.6. The van der Waals surface area contributed by atoms with Crippen LogP contribution < -0.4 is 0 Å². The van der Waals surface area contributed by atoms with Crippen LogP contribution in [0.3, 0.4) is 0 Å². The van der Waals surface area contributed by atoms with E-state index in [0.29, 0.717) is 10.8 Å². The number of pyridine rings is 1. The van der Waals surface area contributed by atoms with Gasteiger partial charge in [-0.05, 0) is 86.1 Å². The fraction of sp³-hybridized carbons (Fsp3) is 0.294. The first-order valence-corrected chi connectivity index (χ1v) is 15.1. The van der Waals surface area contributed by atoms with Crippen LogP contribution in [0.1, 0.15) is 66.3 Å². The Morgan fingerprint density at radius 2 is 1.82 bits per heavy atom. The Balaban J connectivity index is 1.33. The van der Waals surface area contributed by atoms with Crippen molar-refractivity contribution in [1.82, 2.24) is 4.98 Å². The number of carboxylic acids is 1. The maximum Gasteiger partial charge on any atom is 0.310 e. The normalized spacial score (nSPS) is 15.4. The highest BCUT2D eigenvalue weighted by molar-refractivity contribution is 7.99. The van der Waals surface area contributed by atoms with Crippen molar-refractivity contribution < 1.29 is 15.0 Å². The lowest BCUT2D eigenvalue weighted by Gasteiger charge is -2.27. The van der Waals surface area contributed by atoms with Crippen LogP contribution in [0.4, 0.5) is 0 Å². The second-order valence-electron chi connectivity index (χ2n) is 11.2. The van der Waals surface area contributed by atoms with Crippen LogP contribution in [0.25, 0.3) is 23.1 Å². The van der Waals surface area contributed by atoms with Gasteiger partial charge in [-0.1, -0.05) is 78.3 Å². The zero-order valence-corrected chi connectivity index (χ0v) is 24.4. The van der Waals surface area contributed by atoms with Crippen molar-refractivity contribution in [2.45, 2.75) is 50.4 Å². The van der Waals surface area contributed by atoms with E-state index in [0.717, 1.165) is 59.0 Å². The van der Waals surface area contributed by atoms with E-state index in [2.05, 4.69) is 36.4 Å². The van der Waals surface area contributed by atoms with Gasteiger partial charge < -0.3 is 10.2 Å². The number of aromatic nitrogens is 1. The Bertz CT molecular complexity index is 1550. The molecule has 2 N–H and O–H groups in total. The van der Waals surface area contributed by atoms with Gasteiger partial charge in [0.2, 0.25) is 0 Å². The molecule has 0 bridgehead atoms. The highest BCUT2D eigenvalue weighted by Gasteiger charge is 2.50. The average Bonchev–Trinajstić information content (AvgIpc) is 3.73. The number of thioether (sulfide) groups is 1. The van der Waals surface area contributed by atoms with E-state index >= 15 is 0 Å². The number of carbonyl (C=O) groups is 1. The highest BCUT2D eigenvalue weighted by atomic mass is 35.5. The van der Waals surface area contributed by atoms with E-state index < -0.39 is 17.0 Å². The standard InChI is InChI=1S/C34H34ClNO3S/c1-33(2,39)29-9-4-3-8-28(29)31(40-22-34(18-19-34)32(37)38)17-11-24-7-5-6-23(20-24)10-15-27-16-13-25-12-14-26(35)21-30(25)36-27/h3-10,12-16,20-21,31,39H,11,17-19,22H2,1-2H3,(H,37,38)/t31-/m0/s1. The molecule has 4 nitrogen and oxygen atoms in total. The molecule has 0 aliphatic heterocycles. The van der Waals surface area contributed by atoms with Gasteiger partial charge in [0.1, 0.15) is 0 Å². The quantitative estimate of drug-likeness (QED) is 0.189. The van der Waals surface area contributed by atoms with E-state index in [9.17, 15) is 15.0 Å². The zero-order valence-electron chi connectivity index (χ0n) is 22.8. The minimum atomic E-state index is -0.980. The van der Waals surface area contributed by atoms with Crippen LogP contribution in [0.15, 0.2) is 78.9 Å². The molecule has 0 saturated heterocycles. The van der Waals surface area contributed by atoms with E-state index in [1.165, 1.54) is 5.56 Å². The average molecular weight is 572 g/mol. The molecule has 1 heterocycles. The molecule has 0 radical (unpaired) electrons. The van der Waals surface area contributed by atoms with E-state index in [1.807, 2.05) is 68.5 Å². The van der Waals surface area contributed by atoms with E-state index in [-0.39, 0.29) is 5.25 Å². The molecule has 0 spiro atoms. The molecule has 1 aromatic heterocycles. The minimum Gasteiger partial charge on any atom is -0.481 e. The summed E-state index contributed by atoms with van der Waals surface area (Å²) in [7, 11) is 0. The molecule has 40 heavy (non-hydrogen) atoms. The summed E-state index contributed by atoms with van der Waals surface area (Å²) >= 11 is 7.86. The number of hydrogen-bond acceptors (Lipinski definition) is 4. The number of fused-ring (bicyclic) bond motifs is 1. The monoisotopic (exact) mass is 571 g/mol. The SMILES string of the molecule is CC(C)(O)c1ccccc1[C@H](CCc1cccc(C=Cc2ccc3ccc(Cl)cc3n2)c1)SCC1(C(=O)O)CC1. The number of rotatable bonds is 11. The molecule has 0 amide bonds. The van der Waals surface area contributed by atoms with Crippen molar-refractivity contribution in [2.24, 2.45) is 5.41 Å². The Labute approximate surface area is 245 Å². The second kappa shape index (κ2) is 11.8. The van der Waals surface area contributed by atoms with Crippen LogP contribution in [0.2, 0.25) is 5.02 Å². The van der Waals surface area contributed by atoms with Crippen LogP contribution >= 0.6 is 23.4 Å². The third kappa shape index (κ3) is 6.77. The van der Waals surface area contributed by atoms with Crippen LogP contribution in [0.5, 0.6) is 0 Å². The number of aliphatic carboxylic acids is 1. The summed E-state index contributed by atoms with van der Waals surface area (Å²) in [6.45, 7) is 3.62. The molecule has 6 heteroatoms. The number of aliphatic hydroxyl groups is 1. The van der Waals surface area contributed by atoms with Gasteiger partial charge in [0.15, 0.2) is 0 Å². The van der Waals surface area contributed by atoms with Crippen LogP contribution in [0, 0.1) is 5.41 Å². The molecule has 1 atom stereocenters. The van der Waals surface area contributed by atoms with Gasteiger partial charge >= 0.3 is 5.97 Å². The maximum atomic E-state index is 11.8. The van der Waals surface area contributed by atoms with Crippen molar-refractivity contribution in [3.05, 3.63) is 112 Å². The lowest BCUT2D eigenvalue weighted by Crippen LogP contribution is -2.21. The molecule has 1 saturated carbocycles. The topological polar surface area (TPSA) is 70.4 Å². The predicted molar refractivity (Wildman–Crippen MR) is 167 cm³/mol. The van der Waals surface area contributed by atoms with Crippen molar-refractivity contribution in [3.8, 4) is 0 Å². The molecule has 206 valence electrons. The van der Waals surface area contributed by atoms with Gasteiger partial charge in [-0.2, -0.15) is 11.8 Å². The van der Waals surface area contributed by atoms with Gasteiger partial charge in [0.05, 0.1) is 22.2 Å². The summed E-state index contributed by atoms with van der Waals surface area (Å²) < 4.78 is 0. The van der Waals surface area contributed by atoms with E-state index in [1.54, 1.807) is 11.8 Å². The molecule has 1 fully saturated rings. The van der Waals surface area contributed by atoms with E-state index in [4.69, 9.17) is 16.6 Å². The smallest absolute Gasteiger partial charge is 0.310 e. The van der Waals surface area contributed by atoms with Crippen molar-refractivity contribution in [2.75, 3.05) is 5.75 Å². The molecule has 4 aromatic rings. The van der Waals surface area contributed by atoms with Gasteiger partial charge in [-0.15, -0.1) is 0 Å². The Kier molecular flexibility index (Phi) is 8.37. The summed E-state index contributed by atoms with van der Waals surface area (Å²) in [5.41, 5.74) is 4.45. The number of carboxylic acid groups (broad SMARTS) is 1. The van der Waals surface area contributed by atoms with Crippen molar-refractivity contribution in [3.63, 3.8) is 0 Å². The third-order valence-corrected chi connectivity index (χ3v) is 9.45. The molecule has 5 rings (SSSR count). The number of halogens is 1. The lowest BCUT2D eigenvalue weighted by molar-refractivity contribution is -0.142. The molecular formula is C34H34ClNO3S. The van der Waals surface area contributed by atoms with Gasteiger partial charge in [-0.3, -0.25) is 4.79 Å². The number of benzene rings is 3. The number of aryl methyl sites for hydroxylation is 1. The minimum absolute atomic E-state index is 0.0762. The Morgan fingerprint density at radius 3 is 2.58 bits per heavy atom. The van der Waals surface area contributed by atoms with Crippen molar-refractivity contribution in [1.29, 1.82) is 0 Å². The molecule has 0 unspecified atom stereocenters. The van der Waals surface area contributed by atoms with Crippen molar-refractivity contribution >= 4 is 52.4 Å². The van der Waals surface area contributed by atoms with Gasteiger partial charge in [0.25, 0.3) is 0 Å². The Hall–Kier alpha value is -3.12. The molecular weight excluding hydrogens is 538 g/mol. The van der Waals surface area contributed by atoms with Crippen LogP contribution in [-0.2, 0) is 16.8 Å². The molecule has 1 aliphatic rings. The zero-order chi connectivity index (χ0) is 28.3. The third-order valence-electron chi connectivity index (χ3n) is 7.60. The first-order chi connectivity index (χ1) is 19.1. The number of hydrogen-bond donors (Lipinski definition) is 2. The Morgan fingerprint density at radius 1 is 1.05 bits per heavy atom. The fourth-order valence-corrected chi connectivity index (χ4v) is 6.79. The number of nitrogens with zero attached hydrogens (tertiary/aromatic N) is 1. The predicted octanol–water partition coefficient (Wildman–Crippen LogP) is 8.56. The highest BCUT2D eigenvalue weighted by Crippen LogP contribution is 2.51.